The second-order valence-corrected chi connectivity index (χ2v) is 20.1. The number of carbonyl (C=O) groups is 3. The van der Waals surface area contributed by atoms with E-state index in [0.29, 0.717) is 83.5 Å². The maximum Gasteiger partial charge on any atom is 0.155 e. The summed E-state index contributed by atoms with van der Waals surface area (Å²) in [6.45, 7) is 10.3. The van der Waals surface area contributed by atoms with Gasteiger partial charge in [-0.3, -0.25) is 14.4 Å². The van der Waals surface area contributed by atoms with Crippen molar-refractivity contribution in [1.29, 1.82) is 0 Å². The average Bonchev–Trinajstić information content (AvgIpc) is 3.52. The maximum absolute atomic E-state index is 15.2. The van der Waals surface area contributed by atoms with Gasteiger partial charge < -0.3 is 4.74 Å². The Balaban J connectivity index is 1.06. The summed E-state index contributed by atoms with van der Waals surface area (Å²) in [6.07, 6.45) is 21.3. The fraction of sp³-hybridized carbons (Fsp3) is 0.837. The lowest BCUT2D eigenvalue weighted by Gasteiger charge is -2.68. The number of ketones is 3. The monoisotopic (exact) mass is 638 g/mol. The molecule has 4 nitrogen and oxygen atoms in total. The van der Waals surface area contributed by atoms with Gasteiger partial charge in [0.25, 0.3) is 0 Å². The van der Waals surface area contributed by atoms with Crippen LogP contribution in [0.4, 0.5) is 0 Å². The van der Waals surface area contributed by atoms with Crippen LogP contribution in [0, 0.1) is 80.3 Å². The predicted molar refractivity (Wildman–Crippen MR) is 181 cm³/mol. The van der Waals surface area contributed by atoms with Crippen molar-refractivity contribution in [1.82, 2.24) is 0 Å². The molecule has 0 radical (unpaired) electrons. The predicted octanol–water partition coefficient (Wildman–Crippen LogP) is 8.87. The highest BCUT2D eigenvalue weighted by Gasteiger charge is 2.83. The van der Waals surface area contributed by atoms with Crippen molar-refractivity contribution in [2.75, 3.05) is 7.11 Å². The van der Waals surface area contributed by atoms with Crippen molar-refractivity contribution in [2.45, 2.75) is 136 Å². The van der Waals surface area contributed by atoms with E-state index < -0.39 is 0 Å². The molecule has 0 saturated heterocycles. The first kappa shape index (κ1) is 30.3. The highest BCUT2D eigenvalue weighted by atomic mass is 16.5. The zero-order valence-corrected chi connectivity index (χ0v) is 29.8. The van der Waals surface area contributed by atoms with E-state index in [2.05, 4.69) is 33.8 Å². The SMILES string of the molecule is CO[C@]12CC(=O)[C@@]3([C@H](C[C@H]4[C@H]5CCC6=CC(=O)CC[C@@]6(C)[C@@H]5CC[C@]43C)C1)[C@H]1C[C@H]3[C@@H]4CCC5=CC(=O)CC[C@]5(C)[C@H]4CC[C@]3(C)[C@H]12. The maximum atomic E-state index is 15.2. The van der Waals surface area contributed by atoms with Crippen molar-refractivity contribution in [3.05, 3.63) is 23.3 Å². The number of hydrogen-bond donors (Lipinski definition) is 0. The largest absolute Gasteiger partial charge is 0.377 e. The minimum absolute atomic E-state index is 0.0721. The molecule has 9 saturated carbocycles. The van der Waals surface area contributed by atoms with Crippen LogP contribution in [-0.2, 0) is 19.1 Å². The van der Waals surface area contributed by atoms with Crippen LogP contribution in [0.3, 0.4) is 0 Å². The van der Waals surface area contributed by atoms with E-state index in [1.54, 1.807) is 0 Å². The van der Waals surface area contributed by atoms with Crippen molar-refractivity contribution in [2.24, 2.45) is 80.3 Å². The van der Waals surface area contributed by atoms with Gasteiger partial charge in [-0.05, 0) is 171 Å². The lowest BCUT2D eigenvalue weighted by atomic mass is 9.36. The number of carbonyl (C=O) groups excluding carboxylic acids is 3. The van der Waals surface area contributed by atoms with Gasteiger partial charge in [0, 0.05) is 31.8 Å². The number of allylic oxidation sites excluding steroid dienone is 2. The fourth-order valence-electron chi connectivity index (χ4n) is 18.0. The molecule has 0 N–H and O–H groups in total. The Morgan fingerprint density at radius 1 is 0.660 bits per heavy atom. The van der Waals surface area contributed by atoms with Crippen LogP contribution in [0.5, 0.6) is 0 Å². The van der Waals surface area contributed by atoms with Gasteiger partial charge in [-0.1, -0.05) is 38.8 Å². The van der Waals surface area contributed by atoms with E-state index in [1.165, 1.54) is 62.5 Å². The Morgan fingerprint density at radius 3 is 1.87 bits per heavy atom. The van der Waals surface area contributed by atoms with Gasteiger partial charge in [-0.25, -0.2) is 0 Å². The van der Waals surface area contributed by atoms with Crippen molar-refractivity contribution in [3.8, 4) is 0 Å². The molecule has 0 heterocycles. The lowest BCUT2D eigenvalue weighted by molar-refractivity contribution is -0.242. The second-order valence-electron chi connectivity index (χ2n) is 20.1. The van der Waals surface area contributed by atoms with E-state index in [4.69, 9.17) is 4.74 Å². The van der Waals surface area contributed by atoms with Crippen LogP contribution in [0.15, 0.2) is 23.3 Å². The third-order valence-electron chi connectivity index (χ3n) is 19.6. The number of hydrogen-bond acceptors (Lipinski definition) is 4. The molecule has 0 aromatic rings. The molecule has 0 unspecified atom stereocenters. The summed E-state index contributed by atoms with van der Waals surface area (Å²) >= 11 is 0. The van der Waals surface area contributed by atoms with E-state index >= 15 is 4.79 Å². The van der Waals surface area contributed by atoms with Crippen molar-refractivity contribution < 1.29 is 19.1 Å². The smallest absolute Gasteiger partial charge is 0.155 e. The normalized spacial score (nSPS) is 58.6. The Kier molecular flexibility index (Phi) is 5.94. The summed E-state index contributed by atoms with van der Waals surface area (Å²) in [5.41, 5.74) is 3.06. The molecule has 0 aliphatic heterocycles. The molecular weight excluding hydrogens is 580 g/mol. The summed E-state index contributed by atoms with van der Waals surface area (Å²) in [5, 5.41) is 0. The van der Waals surface area contributed by atoms with E-state index in [9.17, 15) is 9.59 Å². The molecule has 11 aliphatic rings. The molecule has 1 spiro atoms. The summed E-state index contributed by atoms with van der Waals surface area (Å²) in [5.74, 6) is 6.64. The summed E-state index contributed by atoms with van der Waals surface area (Å²) in [7, 11) is 1.96. The van der Waals surface area contributed by atoms with Crippen LogP contribution in [-0.4, -0.2) is 30.1 Å². The highest BCUT2D eigenvalue weighted by Crippen LogP contribution is 2.84. The number of fused-ring (bicyclic) bond motifs is 11. The van der Waals surface area contributed by atoms with Crippen LogP contribution in [0.2, 0.25) is 0 Å². The molecular formula is C43H58O4. The van der Waals surface area contributed by atoms with Crippen LogP contribution in [0.25, 0.3) is 0 Å². The van der Waals surface area contributed by atoms with E-state index in [1.807, 2.05) is 13.2 Å². The molecule has 2 bridgehead atoms. The first-order valence-electron chi connectivity index (χ1n) is 19.9. The van der Waals surface area contributed by atoms with Gasteiger partial charge in [0.1, 0.15) is 5.78 Å². The third kappa shape index (κ3) is 3.27. The zero-order valence-electron chi connectivity index (χ0n) is 29.8. The molecule has 11 rings (SSSR count). The lowest BCUT2D eigenvalue weighted by Crippen LogP contribution is -2.71. The summed E-state index contributed by atoms with van der Waals surface area (Å²) in [4.78, 5) is 40.2. The molecule has 9 fully saturated rings. The summed E-state index contributed by atoms with van der Waals surface area (Å²) in [6, 6.07) is 0. The van der Waals surface area contributed by atoms with Gasteiger partial charge in [-0.15, -0.1) is 0 Å². The molecule has 15 atom stereocenters. The Hall–Kier alpha value is -1.55. The minimum atomic E-state index is -0.299. The van der Waals surface area contributed by atoms with Crippen molar-refractivity contribution in [3.63, 3.8) is 0 Å². The van der Waals surface area contributed by atoms with Gasteiger partial charge in [0.15, 0.2) is 11.6 Å². The number of ether oxygens (including phenoxy) is 1. The molecule has 47 heavy (non-hydrogen) atoms. The Bertz CT molecular complexity index is 1550. The van der Waals surface area contributed by atoms with Crippen molar-refractivity contribution >= 4 is 17.3 Å². The van der Waals surface area contributed by atoms with Crippen LogP contribution >= 0.6 is 0 Å². The Morgan fingerprint density at radius 2 is 1.26 bits per heavy atom. The molecule has 11 aliphatic carbocycles. The number of rotatable bonds is 1. The quantitative estimate of drug-likeness (QED) is 0.288. The fourth-order valence-corrected chi connectivity index (χ4v) is 18.0. The van der Waals surface area contributed by atoms with Gasteiger partial charge in [-0.2, -0.15) is 0 Å². The van der Waals surface area contributed by atoms with Gasteiger partial charge in [0.05, 0.1) is 5.60 Å². The van der Waals surface area contributed by atoms with E-state index in [-0.39, 0.29) is 32.7 Å². The molecule has 0 aromatic heterocycles. The molecule has 0 aromatic carbocycles. The first-order valence-corrected chi connectivity index (χ1v) is 19.9. The minimum Gasteiger partial charge on any atom is -0.377 e. The highest BCUT2D eigenvalue weighted by molar-refractivity contribution is 5.92. The summed E-state index contributed by atoms with van der Waals surface area (Å²) < 4.78 is 6.81. The van der Waals surface area contributed by atoms with Gasteiger partial charge >= 0.3 is 0 Å². The molecule has 254 valence electrons. The topological polar surface area (TPSA) is 60.4 Å². The first-order chi connectivity index (χ1) is 22.4. The number of Topliss-reactive ketones (excluding diaryl/α,β-unsaturated/α-hetero) is 1. The van der Waals surface area contributed by atoms with Gasteiger partial charge in [0.2, 0.25) is 0 Å². The molecule has 0 amide bonds. The Labute approximate surface area is 282 Å². The van der Waals surface area contributed by atoms with Crippen LogP contribution in [0.1, 0.15) is 130 Å². The van der Waals surface area contributed by atoms with Crippen LogP contribution < -0.4 is 0 Å². The molecule has 4 heteroatoms. The second kappa shape index (κ2) is 9.21. The zero-order chi connectivity index (χ0) is 32.5. The standard InChI is InChI=1S/C43H58O4/c1-38-14-10-27(44)18-24(38)6-8-29-31(38)12-16-40(3)33(29)21-35-37(40)42(47-5)22-26-20-34-30-9-7-25-19-28(45)11-15-39(25,2)32(30)13-17-41(34,4)43(26,35)36(46)23-42/h18-19,26,29-35,37H,6-17,20-23H2,1-5H3/t26-,29-,30+,31+,32-,33+,34+,35+,37+,38+,39-,40+,41-,42+,43-/m1/s1. The van der Waals surface area contributed by atoms with E-state index in [0.717, 1.165) is 38.5 Å². The average molecular weight is 639 g/mol. The third-order valence-corrected chi connectivity index (χ3v) is 19.6. The number of methoxy groups -OCH3 is 1.